The molecule has 1 aliphatic heterocycles. The van der Waals surface area contributed by atoms with Gasteiger partial charge in [-0.05, 0) is 51.7 Å². The van der Waals surface area contributed by atoms with E-state index < -0.39 is 0 Å². The Balaban J connectivity index is 1.71. The molecule has 16 heavy (non-hydrogen) atoms. The number of nitrogens with zero attached hydrogens (tertiary/aromatic N) is 1. The van der Waals surface area contributed by atoms with E-state index in [9.17, 15) is 0 Å². The van der Waals surface area contributed by atoms with Gasteiger partial charge in [0.15, 0.2) is 0 Å². The molecule has 0 aromatic carbocycles. The third-order valence-corrected chi connectivity index (χ3v) is 4.22. The predicted molar refractivity (Wildman–Crippen MR) is 66.7 cm³/mol. The SMILES string of the molecule is CCCNCC1CCC1N(C)C1CCOC1. The van der Waals surface area contributed by atoms with Crippen LogP contribution in [0.5, 0.6) is 0 Å². The lowest BCUT2D eigenvalue weighted by atomic mass is 9.78. The predicted octanol–water partition coefficient (Wildman–Crippen LogP) is 1.49. The molecule has 1 saturated heterocycles. The summed E-state index contributed by atoms with van der Waals surface area (Å²) in [5.74, 6) is 0.872. The van der Waals surface area contributed by atoms with Crippen LogP contribution in [0.25, 0.3) is 0 Å². The van der Waals surface area contributed by atoms with Crippen LogP contribution >= 0.6 is 0 Å². The molecule has 0 radical (unpaired) electrons. The first-order valence-electron chi connectivity index (χ1n) is 6.83. The average Bonchev–Trinajstić information content (AvgIpc) is 2.76. The van der Waals surface area contributed by atoms with Crippen molar-refractivity contribution in [2.75, 3.05) is 33.4 Å². The van der Waals surface area contributed by atoms with Gasteiger partial charge in [-0.3, -0.25) is 4.90 Å². The van der Waals surface area contributed by atoms with Crippen LogP contribution in [0.4, 0.5) is 0 Å². The van der Waals surface area contributed by atoms with E-state index in [-0.39, 0.29) is 0 Å². The van der Waals surface area contributed by atoms with E-state index in [2.05, 4.69) is 24.2 Å². The van der Waals surface area contributed by atoms with Crippen molar-refractivity contribution >= 4 is 0 Å². The van der Waals surface area contributed by atoms with Crippen LogP contribution in [0.3, 0.4) is 0 Å². The van der Waals surface area contributed by atoms with Crippen molar-refractivity contribution in [3.8, 4) is 0 Å². The third kappa shape index (κ3) is 2.76. The minimum absolute atomic E-state index is 0.680. The molecule has 0 amide bonds. The Kier molecular flexibility index (Phi) is 4.62. The van der Waals surface area contributed by atoms with Gasteiger partial charge >= 0.3 is 0 Å². The number of hydrogen-bond acceptors (Lipinski definition) is 3. The highest BCUT2D eigenvalue weighted by atomic mass is 16.5. The zero-order chi connectivity index (χ0) is 11.4. The molecule has 0 spiro atoms. The molecule has 3 nitrogen and oxygen atoms in total. The Morgan fingerprint density at radius 3 is 2.75 bits per heavy atom. The Hall–Kier alpha value is -0.120. The second-order valence-electron chi connectivity index (χ2n) is 5.29. The largest absolute Gasteiger partial charge is 0.380 e. The van der Waals surface area contributed by atoms with Crippen LogP contribution in [-0.4, -0.2) is 50.3 Å². The maximum atomic E-state index is 5.47. The van der Waals surface area contributed by atoms with Gasteiger partial charge in [-0.15, -0.1) is 0 Å². The molecule has 1 aliphatic carbocycles. The Morgan fingerprint density at radius 1 is 1.31 bits per heavy atom. The van der Waals surface area contributed by atoms with E-state index in [0.29, 0.717) is 6.04 Å². The maximum absolute atomic E-state index is 5.47. The van der Waals surface area contributed by atoms with Crippen LogP contribution in [0.1, 0.15) is 32.6 Å². The van der Waals surface area contributed by atoms with E-state index in [1.165, 1.54) is 38.8 Å². The number of nitrogens with one attached hydrogen (secondary N) is 1. The summed E-state index contributed by atoms with van der Waals surface area (Å²) in [5.41, 5.74) is 0. The van der Waals surface area contributed by atoms with Crippen molar-refractivity contribution in [3.63, 3.8) is 0 Å². The summed E-state index contributed by atoms with van der Waals surface area (Å²) in [5, 5.41) is 3.55. The minimum Gasteiger partial charge on any atom is -0.380 e. The van der Waals surface area contributed by atoms with E-state index in [0.717, 1.165) is 25.2 Å². The van der Waals surface area contributed by atoms with Gasteiger partial charge in [0, 0.05) is 18.7 Å². The molecule has 0 aromatic heterocycles. The molecular weight excluding hydrogens is 200 g/mol. The lowest BCUT2D eigenvalue weighted by molar-refractivity contribution is 0.0439. The van der Waals surface area contributed by atoms with Gasteiger partial charge < -0.3 is 10.1 Å². The maximum Gasteiger partial charge on any atom is 0.0622 e. The number of likely N-dealkylation sites (N-methyl/N-ethyl adjacent to an activating group) is 1. The zero-order valence-corrected chi connectivity index (χ0v) is 10.7. The fraction of sp³-hybridized carbons (Fsp3) is 1.00. The van der Waals surface area contributed by atoms with E-state index >= 15 is 0 Å². The van der Waals surface area contributed by atoms with Gasteiger partial charge in [-0.25, -0.2) is 0 Å². The highest BCUT2D eigenvalue weighted by Gasteiger charge is 2.37. The number of ether oxygens (including phenoxy) is 1. The molecule has 0 bridgehead atoms. The Labute approximate surface area is 99.5 Å². The average molecular weight is 226 g/mol. The van der Waals surface area contributed by atoms with Gasteiger partial charge in [0.1, 0.15) is 0 Å². The minimum atomic E-state index is 0.680. The molecule has 2 aliphatic rings. The normalized spacial score (nSPS) is 34.3. The van der Waals surface area contributed by atoms with Crippen molar-refractivity contribution in [1.29, 1.82) is 0 Å². The topological polar surface area (TPSA) is 24.5 Å². The van der Waals surface area contributed by atoms with E-state index in [1.54, 1.807) is 0 Å². The molecular formula is C13H26N2O. The number of hydrogen-bond donors (Lipinski definition) is 1. The van der Waals surface area contributed by atoms with Crippen LogP contribution in [0.15, 0.2) is 0 Å². The first kappa shape index (κ1) is 12.3. The molecule has 1 heterocycles. The Bertz CT molecular complexity index is 204. The summed E-state index contributed by atoms with van der Waals surface area (Å²) in [6.07, 6.45) is 5.25. The van der Waals surface area contributed by atoms with Crippen LogP contribution in [-0.2, 0) is 4.74 Å². The summed E-state index contributed by atoms with van der Waals surface area (Å²) in [6, 6.07) is 1.48. The lowest BCUT2D eigenvalue weighted by Crippen LogP contribution is -2.52. The van der Waals surface area contributed by atoms with Crippen molar-refractivity contribution in [2.45, 2.75) is 44.7 Å². The lowest BCUT2D eigenvalue weighted by Gasteiger charge is -2.45. The molecule has 2 fully saturated rings. The summed E-state index contributed by atoms with van der Waals surface area (Å²) in [4.78, 5) is 2.58. The molecule has 0 aromatic rings. The first-order chi connectivity index (χ1) is 7.83. The van der Waals surface area contributed by atoms with Crippen LogP contribution in [0.2, 0.25) is 0 Å². The second kappa shape index (κ2) is 5.99. The van der Waals surface area contributed by atoms with Crippen molar-refractivity contribution in [3.05, 3.63) is 0 Å². The van der Waals surface area contributed by atoms with Gasteiger partial charge in [-0.1, -0.05) is 6.92 Å². The van der Waals surface area contributed by atoms with Crippen molar-refractivity contribution in [2.24, 2.45) is 5.92 Å². The van der Waals surface area contributed by atoms with Gasteiger partial charge in [0.2, 0.25) is 0 Å². The number of rotatable bonds is 6. The third-order valence-electron chi connectivity index (χ3n) is 4.22. The highest BCUT2D eigenvalue weighted by molar-refractivity contribution is 4.92. The Morgan fingerprint density at radius 2 is 2.19 bits per heavy atom. The summed E-state index contributed by atoms with van der Waals surface area (Å²) in [7, 11) is 2.29. The van der Waals surface area contributed by atoms with E-state index in [4.69, 9.17) is 4.74 Å². The molecule has 3 heteroatoms. The molecule has 1 N–H and O–H groups in total. The molecule has 3 unspecified atom stereocenters. The fourth-order valence-electron chi connectivity index (χ4n) is 2.90. The van der Waals surface area contributed by atoms with Crippen LogP contribution in [0, 0.1) is 5.92 Å². The molecule has 94 valence electrons. The summed E-state index contributed by atoms with van der Waals surface area (Å²) < 4.78 is 5.47. The summed E-state index contributed by atoms with van der Waals surface area (Å²) in [6.45, 7) is 6.51. The molecule has 1 saturated carbocycles. The monoisotopic (exact) mass is 226 g/mol. The van der Waals surface area contributed by atoms with Crippen molar-refractivity contribution in [1.82, 2.24) is 10.2 Å². The standard InChI is InChI=1S/C13H26N2O/c1-3-7-14-9-11-4-5-13(11)15(2)12-6-8-16-10-12/h11-14H,3-10H2,1-2H3. The van der Waals surface area contributed by atoms with Crippen molar-refractivity contribution < 1.29 is 4.74 Å². The zero-order valence-electron chi connectivity index (χ0n) is 10.7. The summed E-state index contributed by atoms with van der Waals surface area (Å²) >= 11 is 0. The van der Waals surface area contributed by atoms with Crippen LogP contribution < -0.4 is 5.32 Å². The van der Waals surface area contributed by atoms with E-state index in [1.807, 2.05) is 0 Å². The van der Waals surface area contributed by atoms with Gasteiger partial charge in [0.05, 0.1) is 6.61 Å². The highest BCUT2D eigenvalue weighted by Crippen LogP contribution is 2.33. The smallest absolute Gasteiger partial charge is 0.0622 e. The second-order valence-corrected chi connectivity index (χ2v) is 5.29. The fourth-order valence-corrected chi connectivity index (χ4v) is 2.90. The first-order valence-corrected chi connectivity index (χ1v) is 6.83. The quantitative estimate of drug-likeness (QED) is 0.694. The molecule has 3 atom stereocenters. The molecule has 2 rings (SSSR count). The van der Waals surface area contributed by atoms with Gasteiger partial charge in [-0.2, -0.15) is 0 Å². The van der Waals surface area contributed by atoms with Gasteiger partial charge in [0.25, 0.3) is 0 Å².